The van der Waals surface area contributed by atoms with Crippen molar-refractivity contribution in [3.05, 3.63) is 64.7 Å². The summed E-state index contributed by atoms with van der Waals surface area (Å²) in [5, 5.41) is -0.0987. The van der Waals surface area contributed by atoms with Crippen molar-refractivity contribution in [3.63, 3.8) is 0 Å². The van der Waals surface area contributed by atoms with Gasteiger partial charge >= 0.3 is 12.1 Å². The molecule has 0 spiro atoms. The minimum Gasteiger partial charge on any atom is -0.455 e. The van der Waals surface area contributed by atoms with Crippen LogP contribution in [0.2, 0.25) is 0 Å². The van der Waals surface area contributed by atoms with E-state index in [0.717, 1.165) is 16.8 Å². The van der Waals surface area contributed by atoms with Gasteiger partial charge in [-0.3, -0.25) is 9.69 Å². The molecule has 0 radical (unpaired) electrons. The van der Waals surface area contributed by atoms with Crippen molar-refractivity contribution >= 4 is 35.4 Å². The molecule has 0 aromatic heterocycles. The van der Waals surface area contributed by atoms with Crippen LogP contribution in [-0.4, -0.2) is 53.4 Å². The van der Waals surface area contributed by atoms with Gasteiger partial charge in [0.15, 0.2) is 0 Å². The number of esters is 1. The fourth-order valence-electron chi connectivity index (χ4n) is 3.92. The number of benzene rings is 2. The van der Waals surface area contributed by atoms with Gasteiger partial charge in [0, 0.05) is 5.69 Å². The van der Waals surface area contributed by atoms with Gasteiger partial charge in [-0.05, 0) is 63.9 Å². The summed E-state index contributed by atoms with van der Waals surface area (Å²) in [6, 6.07) is 13.5. The number of rotatable bonds is 4. The Morgan fingerprint density at radius 1 is 1.03 bits per heavy atom. The largest absolute Gasteiger partial charge is 0.455 e. The van der Waals surface area contributed by atoms with E-state index in [4.69, 9.17) is 9.47 Å². The van der Waals surface area contributed by atoms with Gasteiger partial charge in [-0.2, -0.15) is 0 Å². The van der Waals surface area contributed by atoms with E-state index in [9.17, 15) is 14.4 Å². The Bertz CT molecular complexity index is 1100. The summed E-state index contributed by atoms with van der Waals surface area (Å²) in [6.45, 7) is 9.99. The maximum atomic E-state index is 12.7. The monoisotopic (exact) mass is 482 g/mol. The second-order valence-corrected chi connectivity index (χ2v) is 10.8. The highest BCUT2D eigenvalue weighted by Gasteiger charge is 2.37. The minimum atomic E-state index is -0.564. The van der Waals surface area contributed by atoms with Crippen LogP contribution >= 0.6 is 11.8 Å². The predicted molar refractivity (Wildman–Crippen MR) is 132 cm³/mol. The lowest BCUT2D eigenvalue weighted by Crippen LogP contribution is -2.56. The van der Waals surface area contributed by atoms with E-state index in [1.165, 1.54) is 10.5 Å². The molecule has 2 aromatic carbocycles. The van der Waals surface area contributed by atoms with Crippen LogP contribution in [0.4, 0.5) is 10.5 Å². The number of hydrogen-bond donors (Lipinski definition) is 0. The van der Waals surface area contributed by atoms with Crippen LogP contribution in [-0.2, 0) is 14.3 Å². The highest BCUT2D eigenvalue weighted by Crippen LogP contribution is 2.43. The maximum Gasteiger partial charge on any atom is 0.410 e. The van der Waals surface area contributed by atoms with Gasteiger partial charge in [-0.25, -0.2) is 9.59 Å². The Kier molecular flexibility index (Phi) is 6.62. The van der Waals surface area contributed by atoms with E-state index >= 15 is 0 Å². The zero-order chi connectivity index (χ0) is 24.6. The second-order valence-electron chi connectivity index (χ2n) is 9.75. The van der Waals surface area contributed by atoms with Crippen LogP contribution in [0.1, 0.15) is 53.2 Å². The second kappa shape index (κ2) is 9.33. The van der Waals surface area contributed by atoms with E-state index in [1.54, 1.807) is 23.9 Å². The molecule has 8 heteroatoms. The standard InChI is InChI=1S/C26H30N2O5S/c1-16-6-8-18(9-7-16)23-28(22(29)15-34-23)21-11-10-19(12-17(21)2)24(30)32-20-13-27(14-20)25(31)33-26(3,4)5/h6-12,20,23H,13-15H2,1-5H3. The molecular formula is C26H30N2O5S. The molecule has 0 N–H and O–H groups in total. The summed E-state index contributed by atoms with van der Waals surface area (Å²) < 4.78 is 10.9. The fraction of sp³-hybridized carbons (Fsp3) is 0.423. The smallest absolute Gasteiger partial charge is 0.410 e. The van der Waals surface area contributed by atoms with E-state index in [-0.39, 0.29) is 17.4 Å². The summed E-state index contributed by atoms with van der Waals surface area (Å²) in [5.41, 5.74) is 3.71. The number of carbonyl (C=O) groups excluding carboxylic acids is 3. The fourth-order valence-corrected chi connectivity index (χ4v) is 5.09. The summed E-state index contributed by atoms with van der Waals surface area (Å²) in [5.74, 6) is 0.0174. The summed E-state index contributed by atoms with van der Waals surface area (Å²) in [4.78, 5) is 40.8. The van der Waals surface area contributed by atoms with E-state index < -0.39 is 17.7 Å². The van der Waals surface area contributed by atoms with Crippen molar-refractivity contribution in [2.24, 2.45) is 0 Å². The number of nitrogens with zero attached hydrogens (tertiary/aromatic N) is 2. The van der Waals surface area contributed by atoms with Crippen LogP contribution in [0.3, 0.4) is 0 Å². The molecule has 0 aliphatic carbocycles. The van der Waals surface area contributed by atoms with Crippen LogP contribution in [0.5, 0.6) is 0 Å². The molecule has 2 aliphatic heterocycles. The van der Waals surface area contributed by atoms with Gasteiger partial charge in [0.2, 0.25) is 5.91 Å². The molecule has 2 aromatic rings. The molecule has 2 saturated heterocycles. The van der Waals surface area contributed by atoms with Gasteiger partial charge in [-0.1, -0.05) is 29.8 Å². The zero-order valence-corrected chi connectivity index (χ0v) is 21.0. The van der Waals surface area contributed by atoms with E-state index in [2.05, 4.69) is 12.1 Å². The average molecular weight is 483 g/mol. The summed E-state index contributed by atoms with van der Waals surface area (Å²) >= 11 is 1.60. The number of hydrogen-bond acceptors (Lipinski definition) is 6. The van der Waals surface area contributed by atoms with Gasteiger partial charge in [0.05, 0.1) is 24.4 Å². The van der Waals surface area contributed by atoms with Crippen LogP contribution in [0, 0.1) is 13.8 Å². The first-order valence-corrected chi connectivity index (χ1v) is 12.4. The van der Waals surface area contributed by atoms with Crippen molar-refractivity contribution in [1.82, 2.24) is 4.90 Å². The third kappa shape index (κ3) is 5.22. The van der Waals surface area contributed by atoms with Gasteiger partial charge in [-0.15, -0.1) is 11.8 Å². The van der Waals surface area contributed by atoms with Gasteiger partial charge in [0.25, 0.3) is 0 Å². The maximum absolute atomic E-state index is 12.7. The highest BCUT2D eigenvalue weighted by molar-refractivity contribution is 8.00. The number of carbonyl (C=O) groups is 3. The molecule has 2 heterocycles. The molecule has 2 amide bonds. The lowest BCUT2D eigenvalue weighted by atomic mass is 10.1. The Hall–Kier alpha value is -3.00. The SMILES string of the molecule is Cc1ccc(C2SCC(=O)N2c2ccc(C(=O)OC3CN(C(=O)OC(C)(C)C)C3)cc2C)cc1. The Labute approximate surface area is 204 Å². The zero-order valence-electron chi connectivity index (χ0n) is 20.2. The Morgan fingerprint density at radius 3 is 2.32 bits per heavy atom. The Balaban J connectivity index is 1.41. The third-order valence-electron chi connectivity index (χ3n) is 5.70. The highest BCUT2D eigenvalue weighted by atomic mass is 32.2. The normalized spacial score (nSPS) is 18.6. The van der Waals surface area contributed by atoms with Crippen molar-refractivity contribution in [3.8, 4) is 0 Å². The minimum absolute atomic E-state index is 0.0469. The van der Waals surface area contributed by atoms with Gasteiger partial charge in [0.1, 0.15) is 17.1 Å². The number of thioether (sulfide) groups is 1. The molecule has 0 saturated carbocycles. The molecule has 1 unspecified atom stereocenters. The number of ether oxygens (including phenoxy) is 2. The number of anilines is 1. The number of amides is 2. The summed E-state index contributed by atoms with van der Waals surface area (Å²) in [6.07, 6.45) is -0.765. The molecule has 2 aliphatic rings. The quantitative estimate of drug-likeness (QED) is 0.580. The van der Waals surface area contributed by atoms with E-state index in [0.29, 0.717) is 24.4 Å². The number of aryl methyl sites for hydroxylation is 2. The van der Waals surface area contributed by atoms with Crippen LogP contribution in [0.25, 0.3) is 0 Å². The molecule has 34 heavy (non-hydrogen) atoms. The first kappa shape index (κ1) is 24.1. The van der Waals surface area contributed by atoms with E-state index in [1.807, 2.05) is 57.7 Å². The molecule has 2 fully saturated rings. The molecular weight excluding hydrogens is 452 g/mol. The molecule has 180 valence electrons. The average Bonchev–Trinajstić information content (AvgIpc) is 3.10. The topological polar surface area (TPSA) is 76.2 Å². The molecule has 1 atom stereocenters. The lowest BCUT2D eigenvalue weighted by Gasteiger charge is -2.38. The predicted octanol–water partition coefficient (Wildman–Crippen LogP) is 4.86. The summed E-state index contributed by atoms with van der Waals surface area (Å²) in [7, 11) is 0. The van der Waals surface area contributed by atoms with Gasteiger partial charge < -0.3 is 14.4 Å². The van der Waals surface area contributed by atoms with Crippen molar-refractivity contribution in [2.75, 3.05) is 23.7 Å². The van der Waals surface area contributed by atoms with Crippen LogP contribution in [0.15, 0.2) is 42.5 Å². The lowest BCUT2D eigenvalue weighted by molar-refractivity contribution is -0.115. The van der Waals surface area contributed by atoms with Crippen molar-refractivity contribution in [2.45, 2.75) is 51.7 Å². The van der Waals surface area contributed by atoms with Crippen molar-refractivity contribution in [1.29, 1.82) is 0 Å². The first-order valence-electron chi connectivity index (χ1n) is 11.3. The first-order chi connectivity index (χ1) is 16.0. The third-order valence-corrected chi connectivity index (χ3v) is 6.91. The molecule has 0 bridgehead atoms. The van der Waals surface area contributed by atoms with Crippen molar-refractivity contribution < 1.29 is 23.9 Å². The Morgan fingerprint density at radius 2 is 1.71 bits per heavy atom. The van der Waals surface area contributed by atoms with Crippen LogP contribution < -0.4 is 4.90 Å². The molecule has 4 rings (SSSR count). The number of likely N-dealkylation sites (tertiary alicyclic amines) is 1. The molecule has 7 nitrogen and oxygen atoms in total.